The molecule has 1 aromatic carbocycles. The first-order valence-corrected chi connectivity index (χ1v) is 13.4. The molecule has 0 amide bonds. The number of nitrogens with zero attached hydrogens (tertiary/aromatic N) is 3. The molecule has 0 unspecified atom stereocenters. The number of hydrogen-bond donors (Lipinski definition) is 0. The molecular weight excluding hydrogens is 564 g/mol. The number of ether oxygens (including phenoxy) is 2. The van der Waals surface area contributed by atoms with Gasteiger partial charge < -0.3 is 14.0 Å². The van der Waals surface area contributed by atoms with Gasteiger partial charge in [-0.3, -0.25) is 9.48 Å². The molecule has 3 fully saturated rings. The van der Waals surface area contributed by atoms with Gasteiger partial charge in [0.1, 0.15) is 11.5 Å². The molecule has 0 radical (unpaired) electrons. The number of carbonyl (C=O) groups excluding carboxylic acids is 2. The molecule has 186 valence electrons. The van der Waals surface area contributed by atoms with E-state index in [1.807, 2.05) is 6.92 Å². The number of rotatable bonds is 8. The minimum absolute atomic E-state index is 0.0891. The monoisotopic (exact) mass is 593 g/mol. The third-order valence-electron chi connectivity index (χ3n) is 7.65. The van der Waals surface area contributed by atoms with Crippen LogP contribution >= 0.6 is 22.6 Å². The molecule has 9 heteroatoms. The first kappa shape index (κ1) is 24.3. The summed E-state index contributed by atoms with van der Waals surface area (Å²) in [6.45, 7) is 3.55. The average Bonchev–Trinajstić information content (AvgIpc) is 3.22. The van der Waals surface area contributed by atoms with Crippen LogP contribution in [-0.4, -0.2) is 40.0 Å². The Morgan fingerprint density at radius 1 is 1.26 bits per heavy atom. The van der Waals surface area contributed by atoms with Crippen molar-refractivity contribution in [1.82, 2.24) is 14.3 Å². The van der Waals surface area contributed by atoms with Gasteiger partial charge in [-0.25, -0.2) is 9.18 Å². The summed E-state index contributed by atoms with van der Waals surface area (Å²) in [7, 11) is 3.12. The van der Waals surface area contributed by atoms with E-state index >= 15 is 4.39 Å². The predicted molar refractivity (Wildman–Crippen MR) is 138 cm³/mol. The maximum atomic E-state index is 15.7. The second-order valence-corrected chi connectivity index (χ2v) is 10.6. The van der Waals surface area contributed by atoms with Crippen molar-refractivity contribution >= 4 is 45.4 Å². The van der Waals surface area contributed by atoms with Crippen molar-refractivity contribution in [3.05, 3.63) is 40.6 Å². The summed E-state index contributed by atoms with van der Waals surface area (Å²) in [6.07, 6.45) is 4.46. The van der Waals surface area contributed by atoms with Gasteiger partial charge >= 0.3 is 11.9 Å². The van der Waals surface area contributed by atoms with Crippen molar-refractivity contribution < 1.29 is 23.5 Å². The lowest BCUT2D eigenvalue weighted by Gasteiger charge is -2.61. The summed E-state index contributed by atoms with van der Waals surface area (Å²) < 4.78 is 30.5. The van der Waals surface area contributed by atoms with Crippen molar-refractivity contribution in [1.29, 1.82) is 0 Å². The number of aryl methyl sites for hydroxylation is 3. The van der Waals surface area contributed by atoms with Gasteiger partial charge in [-0.05, 0) is 62.6 Å². The highest BCUT2D eigenvalue weighted by Gasteiger charge is 2.59. The number of fused-ring (bicyclic) bond motifs is 1. The summed E-state index contributed by atoms with van der Waals surface area (Å²) in [5.41, 5.74) is 5.01. The molecule has 0 N–H and O–H groups in total. The third kappa shape index (κ3) is 3.68. The van der Waals surface area contributed by atoms with Crippen LogP contribution in [0.15, 0.2) is 12.1 Å². The van der Waals surface area contributed by atoms with Crippen LogP contribution in [0.25, 0.3) is 22.0 Å². The summed E-state index contributed by atoms with van der Waals surface area (Å²) in [5, 5.41) is 5.72. The number of esters is 2. The topological polar surface area (TPSA) is 75.4 Å². The lowest BCUT2D eigenvalue weighted by molar-refractivity contribution is -0.141. The molecule has 3 saturated carbocycles. The number of alkyl halides is 1. The minimum atomic E-state index is -0.479. The van der Waals surface area contributed by atoms with Crippen LogP contribution < -0.4 is 0 Å². The maximum absolute atomic E-state index is 15.7. The van der Waals surface area contributed by atoms with Crippen molar-refractivity contribution in [2.75, 3.05) is 13.7 Å². The second-order valence-electron chi connectivity index (χ2n) is 9.80. The molecule has 0 aliphatic heterocycles. The highest BCUT2D eigenvalue weighted by molar-refractivity contribution is 14.1. The zero-order valence-electron chi connectivity index (χ0n) is 20.4. The average molecular weight is 593 g/mol. The fourth-order valence-electron chi connectivity index (χ4n) is 6.02. The summed E-state index contributed by atoms with van der Waals surface area (Å²) in [4.78, 5) is 24.0. The van der Waals surface area contributed by atoms with Crippen LogP contribution in [-0.2, 0) is 37.7 Å². The van der Waals surface area contributed by atoms with Crippen LogP contribution in [0.3, 0.4) is 0 Å². The second kappa shape index (κ2) is 8.90. The zero-order valence-corrected chi connectivity index (χ0v) is 22.6. The van der Waals surface area contributed by atoms with E-state index in [1.54, 1.807) is 17.7 Å². The van der Waals surface area contributed by atoms with Crippen LogP contribution in [0.2, 0.25) is 0 Å². The Labute approximate surface area is 217 Å². The number of benzene rings is 1. The molecule has 2 heterocycles. The highest BCUT2D eigenvalue weighted by atomic mass is 127. The molecule has 3 aromatic rings. The van der Waals surface area contributed by atoms with Crippen molar-refractivity contribution in [2.24, 2.45) is 13.0 Å². The van der Waals surface area contributed by atoms with Gasteiger partial charge in [-0.2, -0.15) is 5.10 Å². The maximum Gasteiger partial charge on any atom is 0.354 e. The van der Waals surface area contributed by atoms with Crippen LogP contribution in [0.4, 0.5) is 4.39 Å². The number of carbonyl (C=O) groups is 2. The Morgan fingerprint density at radius 2 is 1.97 bits per heavy atom. The molecule has 35 heavy (non-hydrogen) atoms. The molecule has 2 aromatic heterocycles. The third-order valence-corrected chi connectivity index (χ3v) is 8.37. The van der Waals surface area contributed by atoms with E-state index in [1.165, 1.54) is 20.1 Å². The SMILES string of the molecule is COC(=O)c1c(CCCOC(C)=O)c2ccc(F)c(-c3c(C)nn(C45CC(C4)C5)c3CI)c2n1C. The lowest BCUT2D eigenvalue weighted by atomic mass is 9.50. The first-order valence-electron chi connectivity index (χ1n) is 11.9. The molecule has 0 spiro atoms. The van der Waals surface area contributed by atoms with Crippen molar-refractivity contribution in [3.63, 3.8) is 0 Å². The normalized spacial score (nSPS) is 20.5. The van der Waals surface area contributed by atoms with Gasteiger partial charge in [0.2, 0.25) is 0 Å². The van der Waals surface area contributed by atoms with E-state index in [4.69, 9.17) is 14.6 Å². The molecule has 0 atom stereocenters. The van der Waals surface area contributed by atoms with E-state index in [0.29, 0.717) is 34.0 Å². The standard InChI is InChI=1S/C26H29FIN3O4/c1-14-21(20(13-28)31(29-14)26-10-16(11-26)12-26)22-19(27)8-7-18-17(6-5-9-35-15(2)32)24(25(33)34-4)30(3)23(18)22/h7-8,16H,5-6,9-13H2,1-4H3. The van der Waals surface area contributed by atoms with Gasteiger partial charge in [0.15, 0.2) is 0 Å². The number of hydrogen-bond acceptors (Lipinski definition) is 5. The Kier molecular flexibility index (Phi) is 6.17. The predicted octanol–water partition coefficient (Wildman–Crippen LogP) is 5.22. The van der Waals surface area contributed by atoms with Crippen molar-refractivity contribution in [3.8, 4) is 11.1 Å². The van der Waals surface area contributed by atoms with Gasteiger partial charge in [0.25, 0.3) is 0 Å². The van der Waals surface area contributed by atoms with E-state index < -0.39 is 5.97 Å². The largest absolute Gasteiger partial charge is 0.466 e. The summed E-state index contributed by atoms with van der Waals surface area (Å²) in [5.74, 6) is -0.363. The van der Waals surface area contributed by atoms with Crippen LogP contribution in [0.1, 0.15) is 60.0 Å². The summed E-state index contributed by atoms with van der Waals surface area (Å²) in [6, 6.07) is 3.20. The lowest BCUT2D eigenvalue weighted by Crippen LogP contribution is -2.60. The van der Waals surface area contributed by atoms with Gasteiger partial charge in [-0.15, -0.1) is 0 Å². The Bertz CT molecular complexity index is 1340. The minimum Gasteiger partial charge on any atom is -0.466 e. The van der Waals surface area contributed by atoms with Crippen LogP contribution in [0, 0.1) is 18.7 Å². The summed E-state index contributed by atoms with van der Waals surface area (Å²) >= 11 is 2.34. The molecular formula is C26H29FIN3O4. The zero-order chi connectivity index (χ0) is 25.1. The number of methoxy groups -OCH3 is 1. The van der Waals surface area contributed by atoms with Gasteiger partial charge in [-0.1, -0.05) is 22.6 Å². The molecule has 2 bridgehead atoms. The van der Waals surface area contributed by atoms with Crippen molar-refractivity contribution in [2.45, 2.75) is 55.9 Å². The van der Waals surface area contributed by atoms with Gasteiger partial charge in [0, 0.05) is 34.9 Å². The van der Waals surface area contributed by atoms with E-state index in [0.717, 1.165) is 53.1 Å². The van der Waals surface area contributed by atoms with Gasteiger partial charge in [0.05, 0.1) is 36.2 Å². The number of aromatic nitrogens is 3. The first-order chi connectivity index (χ1) is 16.7. The number of halogens is 2. The Morgan fingerprint density at radius 3 is 2.54 bits per heavy atom. The molecule has 0 saturated heterocycles. The van der Waals surface area contributed by atoms with E-state index in [-0.39, 0.29) is 23.9 Å². The van der Waals surface area contributed by atoms with E-state index in [2.05, 4.69) is 27.3 Å². The molecule has 3 aliphatic rings. The fraction of sp³-hybridized carbons (Fsp3) is 0.500. The Balaban J connectivity index is 1.70. The smallest absolute Gasteiger partial charge is 0.354 e. The molecule has 3 aliphatic carbocycles. The molecule has 7 nitrogen and oxygen atoms in total. The van der Waals surface area contributed by atoms with E-state index in [9.17, 15) is 9.59 Å². The highest BCUT2D eigenvalue weighted by Crippen LogP contribution is 2.63. The molecule has 6 rings (SSSR count). The fourth-order valence-corrected chi connectivity index (χ4v) is 6.73. The quantitative estimate of drug-likeness (QED) is 0.155. The van der Waals surface area contributed by atoms with Crippen LogP contribution in [0.5, 0.6) is 0 Å². The Hall–Kier alpha value is -2.43.